The third-order valence-corrected chi connectivity index (χ3v) is 3.10. The Labute approximate surface area is 98.0 Å². The van der Waals surface area contributed by atoms with Gasteiger partial charge in [-0.1, -0.05) is 28.6 Å². The van der Waals surface area contributed by atoms with Crippen LogP contribution in [0.3, 0.4) is 0 Å². The molecular formula is C12H13BrO2. The van der Waals surface area contributed by atoms with Gasteiger partial charge >= 0.3 is 0 Å². The SMILES string of the molecule is C=Cc1cc(OC2CCOC2)ccc1Br. The Balaban J connectivity index is 2.10. The van der Waals surface area contributed by atoms with Crippen molar-refractivity contribution in [2.45, 2.75) is 12.5 Å². The van der Waals surface area contributed by atoms with Crippen molar-refractivity contribution in [1.29, 1.82) is 0 Å². The second kappa shape index (κ2) is 4.81. The number of hydrogen-bond acceptors (Lipinski definition) is 2. The maximum Gasteiger partial charge on any atom is 0.124 e. The Morgan fingerprint density at radius 3 is 3.07 bits per heavy atom. The van der Waals surface area contributed by atoms with Gasteiger partial charge in [0, 0.05) is 10.9 Å². The molecule has 0 bridgehead atoms. The first-order valence-corrected chi connectivity index (χ1v) is 5.75. The van der Waals surface area contributed by atoms with Crippen LogP contribution >= 0.6 is 15.9 Å². The van der Waals surface area contributed by atoms with Gasteiger partial charge in [-0.15, -0.1) is 0 Å². The van der Waals surface area contributed by atoms with Gasteiger partial charge in [-0.3, -0.25) is 0 Å². The van der Waals surface area contributed by atoms with Crippen LogP contribution in [0.4, 0.5) is 0 Å². The summed E-state index contributed by atoms with van der Waals surface area (Å²) in [6.07, 6.45) is 2.98. The molecule has 1 unspecified atom stereocenters. The molecule has 0 aliphatic carbocycles. The summed E-state index contributed by atoms with van der Waals surface area (Å²) >= 11 is 3.45. The average Bonchev–Trinajstić information content (AvgIpc) is 2.73. The fourth-order valence-corrected chi connectivity index (χ4v) is 1.96. The van der Waals surface area contributed by atoms with E-state index in [4.69, 9.17) is 9.47 Å². The maximum atomic E-state index is 5.78. The predicted molar refractivity (Wildman–Crippen MR) is 64.1 cm³/mol. The van der Waals surface area contributed by atoms with Gasteiger partial charge < -0.3 is 9.47 Å². The van der Waals surface area contributed by atoms with E-state index in [1.54, 1.807) is 0 Å². The number of ether oxygens (including phenoxy) is 2. The first-order valence-electron chi connectivity index (χ1n) is 4.96. The minimum atomic E-state index is 0.198. The van der Waals surface area contributed by atoms with Gasteiger partial charge in [0.1, 0.15) is 11.9 Å². The Kier molecular flexibility index (Phi) is 3.44. The molecule has 1 aromatic rings. The van der Waals surface area contributed by atoms with Crippen LogP contribution in [0.25, 0.3) is 6.08 Å². The highest BCUT2D eigenvalue weighted by Crippen LogP contribution is 2.25. The molecule has 0 N–H and O–H groups in total. The van der Waals surface area contributed by atoms with Gasteiger partial charge in [0.05, 0.1) is 13.2 Å². The molecular weight excluding hydrogens is 256 g/mol. The van der Waals surface area contributed by atoms with Crippen molar-refractivity contribution in [3.8, 4) is 5.75 Å². The molecule has 1 aliphatic rings. The van der Waals surface area contributed by atoms with E-state index >= 15 is 0 Å². The molecule has 15 heavy (non-hydrogen) atoms. The fourth-order valence-electron chi connectivity index (χ4n) is 1.55. The highest BCUT2D eigenvalue weighted by atomic mass is 79.9. The topological polar surface area (TPSA) is 18.5 Å². The Morgan fingerprint density at radius 2 is 2.40 bits per heavy atom. The predicted octanol–water partition coefficient (Wildman–Crippen LogP) is 3.26. The second-order valence-corrected chi connectivity index (χ2v) is 4.35. The van der Waals surface area contributed by atoms with Crippen molar-refractivity contribution in [2.24, 2.45) is 0 Å². The zero-order chi connectivity index (χ0) is 10.7. The smallest absolute Gasteiger partial charge is 0.124 e. The zero-order valence-electron chi connectivity index (χ0n) is 8.41. The first kappa shape index (κ1) is 10.7. The van der Waals surface area contributed by atoms with Crippen molar-refractivity contribution >= 4 is 22.0 Å². The van der Waals surface area contributed by atoms with E-state index < -0.39 is 0 Å². The van der Waals surface area contributed by atoms with Crippen LogP contribution in [0.5, 0.6) is 5.75 Å². The lowest BCUT2D eigenvalue weighted by Crippen LogP contribution is -2.15. The second-order valence-electron chi connectivity index (χ2n) is 3.49. The lowest BCUT2D eigenvalue weighted by Gasteiger charge is -2.12. The number of hydrogen-bond donors (Lipinski definition) is 0. The summed E-state index contributed by atoms with van der Waals surface area (Å²) in [5.41, 5.74) is 1.05. The molecule has 1 saturated heterocycles. The van der Waals surface area contributed by atoms with Gasteiger partial charge in [0.2, 0.25) is 0 Å². The van der Waals surface area contributed by atoms with E-state index in [2.05, 4.69) is 22.5 Å². The van der Waals surface area contributed by atoms with Crippen molar-refractivity contribution in [2.75, 3.05) is 13.2 Å². The molecule has 0 radical (unpaired) electrons. The molecule has 80 valence electrons. The van der Waals surface area contributed by atoms with Crippen LogP contribution in [0.15, 0.2) is 29.3 Å². The summed E-state index contributed by atoms with van der Waals surface area (Å²) in [7, 11) is 0. The van der Waals surface area contributed by atoms with Crippen LogP contribution in [-0.4, -0.2) is 19.3 Å². The molecule has 0 spiro atoms. The van der Waals surface area contributed by atoms with Gasteiger partial charge in [0.15, 0.2) is 0 Å². The largest absolute Gasteiger partial charge is 0.488 e. The van der Waals surface area contributed by atoms with Crippen LogP contribution in [0, 0.1) is 0 Å². The third kappa shape index (κ3) is 2.61. The van der Waals surface area contributed by atoms with E-state index in [0.29, 0.717) is 6.61 Å². The normalized spacial score (nSPS) is 20.2. The molecule has 1 aromatic carbocycles. The summed E-state index contributed by atoms with van der Waals surface area (Å²) in [4.78, 5) is 0. The fraction of sp³-hybridized carbons (Fsp3) is 0.333. The Bertz CT molecular complexity index is 357. The van der Waals surface area contributed by atoms with E-state index in [9.17, 15) is 0 Å². The van der Waals surface area contributed by atoms with Crippen molar-refractivity contribution in [1.82, 2.24) is 0 Å². The molecule has 2 rings (SSSR count). The van der Waals surface area contributed by atoms with Crippen LogP contribution < -0.4 is 4.74 Å². The minimum Gasteiger partial charge on any atom is -0.488 e. The van der Waals surface area contributed by atoms with E-state index in [-0.39, 0.29) is 6.10 Å². The Hall–Kier alpha value is -0.800. The molecule has 3 heteroatoms. The molecule has 0 aromatic heterocycles. The molecule has 2 nitrogen and oxygen atoms in total. The molecule has 1 aliphatic heterocycles. The van der Waals surface area contributed by atoms with E-state index in [0.717, 1.165) is 28.8 Å². The highest BCUT2D eigenvalue weighted by molar-refractivity contribution is 9.10. The van der Waals surface area contributed by atoms with Crippen LogP contribution in [0.1, 0.15) is 12.0 Å². The van der Waals surface area contributed by atoms with Crippen molar-refractivity contribution < 1.29 is 9.47 Å². The van der Waals surface area contributed by atoms with Crippen LogP contribution in [-0.2, 0) is 4.74 Å². The minimum absolute atomic E-state index is 0.198. The molecule has 1 fully saturated rings. The van der Waals surface area contributed by atoms with Gasteiger partial charge in [0.25, 0.3) is 0 Å². The molecule has 0 saturated carbocycles. The zero-order valence-corrected chi connectivity index (χ0v) is 10.00. The standard InChI is InChI=1S/C12H13BrO2/c1-2-9-7-10(3-4-12(9)13)15-11-5-6-14-8-11/h2-4,7,11H,1,5-6,8H2. The summed E-state index contributed by atoms with van der Waals surface area (Å²) in [6.45, 7) is 5.25. The summed E-state index contributed by atoms with van der Waals surface area (Å²) in [5.74, 6) is 0.878. The number of halogens is 1. The van der Waals surface area contributed by atoms with E-state index in [1.165, 1.54) is 0 Å². The lowest BCUT2D eigenvalue weighted by atomic mass is 10.2. The maximum absolute atomic E-state index is 5.78. The molecule has 1 atom stereocenters. The molecule has 0 amide bonds. The number of benzene rings is 1. The van der Waals surface area contributed by atoms with Crippen molar-refractivity contribution in [3.05, 3.63) is 34.8 Å². The third-order valence-electron chi connectivity index (χ3n) is 2.38. The summed E-state index contributed by atoms with van der Waals surface area (Å²) in [5, 5.41) is 0. The van der Waals surface area contributed by atoms with Gasteiger partial charge in [-0.25, -0.2) is 0 Å². The first-order chi connectivity index (χ1) is 7.29. The van der Waals surface area contributed by atoms with Gasteiger partial charge in [-0.2, -0.15) is 0 Å². The number of rotatable bonds is 3. The van der Waals surface area contributed by atoms with Gasteiger partial charge in [-0.05, 0) is 23.8 Å². The average molecular weight is 269 g/mol. The Morgan fingerprint density at radius 1 is 1.53 bits per heavy atom. The molecule has 1 heterocycles. The van der Waals surface area contributed by atoms with E-state index in [1.807, 2.05) is 24.3 Å². The summed E-state index contributed by atoms with van der Waals surface area (Å²) < 4.78 is 12.1. The van der Waals surface area contributed by atoms with Crippen molar-refractivity contribution in [3.63, 3.8) is 0 Å². The quantitative estimate of drug-likeness (QED) is 0.838. The monoisotopic (exact) mass is 268 g/mol. The lowest BCUT2D eigenvalue weighted by molar-refractivity contribution is 0.141. The highest BCUT2D eigenvalue weighted by Gasteiger charge is 2.17. The van der Waals surface area contributed by atoms with Crippen LogP contribution in [0.2, 0.25) is 0 Å². The summed E-state index contributed by atoms with van der Waals surface area (Å²) in [6, 6.07) is 5.91.